The van der Waals surface area contributed by atoms with E-state index in [4.69, 9.17) is 27.0 Å². The number of hydrogen-bond acceptors (Lipinski definition) is 3. The summed E-state index contributed by atoms with van der Waals surface area (Å²) in [6.07, 6.45) is 1.67. The molecule has 5 heteroatoms. The van der Waals surface area contributed by atoms with Crippen LogP contribution in [-0.2, 0) is 37.3 Å². The predicted molar refractivity (Wildman–Crippen MR) is 282 cm³/mol. The number of imidazole rings is 1. The standard InChI is InChI=1S/C63H61N3O.Pt/c1-40-33-41(2)59(67-12)54(34-40)60-65-58-53(19-16-20-56(58)66(60)57-39-51(63(9,10)11)29-30-52(57)44-23-27-50(28-24-44)62(6,7)8)47-35-46(42-17-14-13-15-18-42)36-48(37-47)55-38-45(31-32-64-55)43-21-25-49(26-22-43)61(3,4)5;/h13-36,38-39H,12H2,1-11H3;/q-2;+2/i3D3,4D3,5D3;. The molecule has 0 unspecified atom stereocenters. The Kier molecular flexibility index (Phi) is 10.3. The van der Waals surface area contributed by atoms with Crippen LogP contribution in [0, 0.1) is 27.0 Å². The summed E-state index contributed by atoms with van der Waals surface area (Å²) in [4.78, 5) is 10.5. The Morgan fingerprint density at radius 1 is 0.559 bits per heavy atom. The molecule has 4 nitrogen and oxygen atoms in total. The van der Waals surface area contributed by atoms with Crippen LogP contribution in [0.15, 0.2) is 158 Å². The van der Waals surface area contributed by atoms with Crippen molar-refractivity contribution in [3.05, 3.63) is 199 Å². The molecule has 0 saturated carbocycles. The molecule has 0 fully saturated rings. The van der Waals surface area contributed by atoms with Crippen molar-refractivity contribution in [1.82, 2.24) is 14.5 Å². The molecule has 68 heavy (non-hydrogen) atoms. The van der Waals surface area contributed by atoms with Crippen LogP contribution in [0.2, 0.25) is 0 Å². The minimum Gasteiger partial charge on any atom is -0.665 e. The summed E-state index contributed by atoms with van der Waals surface area (Å²) in [5.41, 5.74) is 12.2. The fraction of sp³-hybridized carbons (Fsp3) is 0.222. The van der Waals surface area contributed by atoms with Crippen molar-refractivity contribution in [2.45, 2.75) is 92.2 Å². The van der Waals surface area contributed by atoms with Crippen molar-refractivity contribution < 1.29 is 38.1 Å². The van der Waals surface area contributed by atoms with Gasteiger partial charge in [0.1, 0.15) is 5.82 Å². The smallest absolute Gasteiger partial charge is 0.665 e. The zero-order chi connectivity index (χ0) is 54.9. The molecular formula is C63H61N3OPt. The minimum atomic E-state index is -3.38. The molecule has 0 aliphatic carbocycles. The number of aromatic nitrogens is 3. The Morgan fingerprint density at radius 3 is 1.85 bits per heavy atom. The number of pyridine rings is 1. The summed E-state index contributed by atoms with van der Waals surface area (Å²) in [6, 6.07) is 53.3. The molecule has 0 N–H and O–H groups in total. The van der Waals surface area contributed by atoms with Crippen LogP contribution in [-0.4, -0.2) is 14.5 Å². The number of rotatable bonds is 8. The summed E-state index contributed by atoms with van der Waals surface area (Å²) >= 11 is 0. The first-order valence-corrected chi connectivity index (χ1v) is 22.6. The van der Waals surface area contributed by atoms with Crippen molar-refractivity contribution in [2.24, 2.45) is 0 Å². The average molecular weight is 1080 g/mol. The number of hydrogen-bond donors (Lipinski definition) is 0. The van der Waals surface area contributed by atoms with E-state index in [1.54, 1.807) is 24.4 Å². The zero-order valence-corrected chi connectivity index (χ0v) is 42.1. The summed E-state index contributed by atoms with van der Waals surface area (Å²) in [5, 5.41) is 0. The third-order valence-corrected chi connectivity index (χ3v) is 12.6. The second-order valence-electron chi connectivity index (χ2n) is 19.7. The van der Waals surface area contributed by atoms with Gasteiger partial charge in [-0.05, 0) is 104 Å². The van der Waals surface area contributed by atoms with Crippen molar-refractivity contribution in [3.8, 4) is 78.6 Å². The summed E-state index contributed by atoms with van der Waals surface area (Å²) in [7, 11) is 3.93. The largest absolute Gasteiger partial charge is 2.00 e. The van der Waals surface area contributed by atoms with Crippen molar-refractivity contribution in [1.29, 1.82) is 0 Å². The first-order chi connectivity index (χ1) is 35.6. The van der Waals surface area contributed by atoms with Gasteiger partial charge in [-0.25, -0.2) is 4.98 Å². The van der Waals surface area contributed by atoms with Gasteiger partial charge in [0.05, 0.1) is 28.0 Å². The molecule has 0 atom stereocenters. The van der Waals surface area contributed by atoms with E-state index >= 15 is 0 Å². The van der Waals surface area contributed by atoms with Crippen molar-refractivity contribution in [3.63, 3.8) is 0 Å². The predicted octanol–water partition coefficient (Wildman–Crippen LogP) is 16.9. The molecule has 9 aromatic rings. The third kappa shape index (κ3) is 9.54. The summed E-state index contributed by atoms with van der Waals surface area (Å²) in [6.45, 7) is 7.29. The van der Waals surface area contributed by atoms with E-state index in [0.717, 1.165) is 72.4 Å². The van der Waals surface area contributed by atoms with E-state index in [1.807, 2.05) is 37.3 Å². The average Bonchev–Trinajstić information content (AvgIpc) is 3.75. The van der Waals surface area contributed by atoms with E-state index in [-0.39, 0.29) is 37.5 Å². The second kappa shape index (κ2) is 18.6. The normalized spacial score (nSPS) is 14.5. The molecule has 0 amide bonds. The van der Waals surface area contributed by atoms with Gasteiger partial charge < -0.3 is 4.74 Å². The molecule has 0 aliphatic heterocycles. The number of nitrogens with zero attached hydrogens (tertiary/aromatic N) is 3. The molecule has 0 spiro atoms. The van der Waals surface area contributed by atoms with E-state index in [2.05, 4.69) is 157 Å². The molecule has 0 saturated heterocycles. The number of aryl methyl sites for hydroxylation is 2. The van der Waals surface area contributed by atoms with Gasteiger partial charge in [0.2, 0.25) is 0 Å². The van der Waals surface area contributed by atoms with E-state index in [0.29, 0.717) is 34.0 Å². The number of ether oxygens (including phenoxy) is 1. The minimum absolute atomic E-state index is 0. The van der Waals surface area contributed by atoms with Crippen LogP contribution in [0.25, 0.3) is 83.9 Å². The maximum absolute atomic E-state index is 8.23. The number of benzene rings is 7. The molecular weight excluding hydrogens is 1010 g/mol. The molecule has 0 aliphatic rings. The topological polar surface area (TPSA) is 39.9 Å². The van der Waals surface area contributed by atoms with Crippen LogP contribution in [0.5, 0.6) is 5.75 Å². The molecule has 344 valence electrons. The Balaban J connectivity index is 0.00000784. The van der Waals surface area contributed by atoms with Gasteiger partial charge >= 0.3 is 21.1 Å². The van der Waals surface area contributed by atoms with Gasteiger partial charge in [0, 0.05) is 29.8 Å². The van der Waals surface area contributed by atoms with Gasteiger partial charge in [-0.1, -0.05) is 194 Å². The van der Waals surface area contributed by atoms with Gasteiger partial charge in [-0.3, -0.25) is 9.55 Å². The van der Waals surface area contributed by atoms with E-state index < -0.39 is 26.0 Å². The van der Waals surface area contributed by atoms with Gasteiger partial charge in [-0.2, -0.15) is 7.11 Å². The second-order valence-corrected chi connectivity index (χ2v) is 19.7. The maximum atomic E-state index is 8.23. The number of fused-ring (bicyclic) bond motifs is 1. The van der Waals surface area contributed by atoms with E-state index in [9.17, 15) is 0 Å². The van der Waals surface area contributed by atoms with E-state index in [1.165, 1.54) is 17.7 Å². The molecule has 0 bridgehead atoms. The quantitative estimate of drug-likeness (QED) is 0.142. The van der Waals surface area contributed by atoms with Gasteiger partial charge in [0.25, 0.3) is 0 Å². The summed E-state index contributed by atoms with van der Waals surface area (Å²) in [5.74, 6) is 1.30. The molecule has 2 heterocycles. The van der Waals surface area contributed by atoms with Crippen molar-refractivity contribution in [2.75, 3.05) is 0 Å². The molecule has 2 aromatic heterocycles. The Labute approximate surface area is 431 Å². The monoisotopic (exact) mass is 1080 g/mol. The van der Waals surface area contributed by atoms with Crippen LogP contribution in [0.1, 0.15) is 102 Å². The van der Waals surface area contributed by atoms with Crippen LogP contribution >= 0.6 is 0 Å². The first kappa shape index (κ1) is 37.6. The Morgan fingerprint density at radius 2 is 1.19 bits per heavy atom. The first-order valence-electron chi connectivity index (χ1n) is 27.1. The third-order valence-electron chi connectivity index (χ3n) is 12.6. The zero-order valence-electron chi connectivity index (χ0n) is 48.8. The van der Waals surface area contributed by atoms with Gasteiger partial charge in [-0.15, -0.1) is 23.8 Å². The van der Waals surface area contributed by atoms with Crippen molar-refractivity contribution >= 4 is 11.0 Å². The van der Waals surface area contributed by atoms with Gasteiger partial charge in [0.15, 0.2) is 0 Å². The fourth-order valence-electron chi connectivity index (χ4n) is 8.95. The fourth-order valence-corrected chi connectivity index (χ4v) is 8.95. The SMILES string of the molecule is [2H]C([2H])([2H])C(c1ccc(-c2ccnc(-c3[c-]c(-c4cccc5c4nc(-c4cc(C)cc(C)c4O[CH2-])n5-c4cc(C(C)(C)C)ccc4-c4ccc(C(C)(C)C)cc4)cc(-c4ccccc4)c3)c2)cc1)(C([2H])([2H])[2H])C([2H])([2H])[2H].[Pt+2]. The van der Waals surface area contributed by atoms with Crippen LogP contribution in [0.3, 0.4) is 0 Å². The Hall–Kier alpha value is -6.35. The maximum Gasteiger partial charge on any atom is 2.00 e. The molecule has 7 aromatic carbocycles. The van der Waals surface area contributed by atoms with Crippen LogP contribution in [0.4, 0.5) is 0 Å². The molecule has 9 rings (SSSR count). The summed E-state index contributed by atoms with van der Waals surface area (Å²) < 4.78 is 82.3. The molecule has 0 radical (unpaired) electrons. The Bertz CT molecular complexity index is 3590. The number of para-hydroxylation sites is 1. The van der Waals surface area contributed by atoms with Crippen LogP contribution < -0.4 is 4.74 Å².